The van der Waals surface area contributed by atoms with Gasteiger partial charge in [0.2, 0.25) is 0 Å². The Hall–Kier alpha value is -1.56. The Kier molecular flexibility index (Phi) is 2.76. The lowest BCUT2D eigenvalue weighted by Crippen LogP contribution is -2.11. The van der Waals surface area contributed by atoms with Crippen molar-refractivity contribution in [2.24, 2.45) is 0 Å². The van der Waals surface area contributed by atoms with Crippen molar-refractivity contribution in [2.45, 2.75) is 0 Å². The van der Waals surface area contributed by atoms with Crippen LogP contribution in [-0.4, -0.2) is 20.6 Å². The second kappa shape index (κ2) is 3.67. The van der Waals surface area contributed by atoms with Crippen molar-refractivity contribution in [3.05, 3.63) is 29.8 Å². The summed E-state index contributed by atoms with van der Waals surface area (Å²) in [5, 5.41) is 0. The number of benzene rings is 1. The second-order valence-corrected chi connectivity index (χ2v) is 4.27. The molecule has 0 fully saturated rings. The van der Waals surface area contributed by atoms with Crippen LogP contribution in [0.2, 0.25) is 0 Å². The van der Waals surface area contributed by atoms with Crippen molar-refractivity contribution in [1.29, 1.82) is 0 Å². The van der Waals surface area contributed by atoms with Crippen LogP contribution in [-0.2, 0) is 14.3 Å². The molecule has 0 heterocycles. The maximum Gasteiger partial charge on any atom is 0.353 e. The zero-order valence-electron chi connectivity index (χ0n) is 7.43. The molecule has 76 valence electrons. The molecule has 2 N–H and O–H groups in total. The number of carbonyl (C=O) groups is 1. The minimum Gasteiger partial charge on any atom is -0.399 e. The van der Waals surface area contributed by atoms with Gasteiger partial charge in [-0.15, -0.1) is 0 Å². The summed E-state index contributed by atoms with van der Waals surface area (Å²) >= 11 is 0. The topological polar surface area (TPSA) is 86.5 Å². The third kappa shape index (κ3) is 3.06. The summed E-state index contributed by atoms with van der Waals surface area (Å²) in [6, 6.07) is 5.75. The first-order valence-corrected chi connectivity index (χ1v) is 5.49. The standard InChI is InChI=1S/C8H9NO4S/c1-14(11,12)13-8(10)6-2-4-7(9)5-3-6/h2-5H,9H2,1H3. The van der Waals surface area contributed by atoms with E-state index in [0.29, 0.717) is 5.69 Å². The normalized spacial score (nSPS) is 10.9. The van der Waals surface area contributed by atoms with Gasteiger partial charge in [-0.2, -0.15) is 8.42 Å². The summed E-state index contributed by atoms with van der Waals surface area (Å²) in [5.74, 6) is -0.910. The second-order valence-electron chi connectivity index (χ2n) is 2.70. The van der Waals surface area contributed by atoms with Crippen LogP contribution in [0.15, 0.2) is 24.3 Å². The number of nitrogen functional groups attached to an aromatic ring is 1. The minimum atomic E-state index is -3.76. The lowest BCUT2D eigenvalue weighted by Gasteiger charge is -2.01. The molecule has 0 bridgehead atoms. The molecule has 0 unspecified atom stereocenters. The Morgan fingerprint density at radius 2 is 1.79 bits per heavy atom. The van der Waals surface area contributed by atoms with E-state index in [4.69, 9.17) is 5.73 Å². The highest BCUT2D eigenvalue weighted by Gasteiger charge is 2.12. The molecule has 1 aromatic carbocycles. The molecular weight excluding hydrogens is 206 g/mol. The van der Waals surface area contributed by atoms with Crippen LogP contribution in [0.25, 0.3) is 0 Å². The van der Waals surface area contributed by atoms with Gasteiger partial charge in [-0.3, -0.25) is 0 Å². The van der Waals surface area contributed by atoms with Gasteiger partial charge in [0.25, 0.3) is 0 Å². The van der Waals surface area contributed by atoms with E-state index in [1.54, 1.807) is 0 Å². The Labute approximate surface area is 81.6 Å². The van der Waals surface area contributed by atoms with Gasteiger partial charge in [-0.05, 0) is 24.3 Å². The summed E-state index contributed by atoms with van der Waals surface area (Å²) in [5.41, 5.74) is 6.01. The number of rotatable bonds is 2. The molecule has 0 saturated carbocycles. The number of hydrogen-bond acceptors (Lipinski definition) is 5. The fraction of sp³-hybridized carbons (Fsp3) is 0.125. The lowest BCUT2D eigenvalue weighted by molar-refractivity contribution is 0.0748. The first-order chi connectivity index (χ1) is 6.38. The van der Waals surface area contributed by atoms with Crippen LogP contribution in [0.3, 0.4) is 0 Å². The third-order valence-electron chi connectivity index (χ3n) is 1.37. The Morgan fingerprint density at radius 1 is 1.29 bits per heavy atom. The molecule has 0 amide bonds. The van der Waals surface area contributed by atoms with Crippen LogP contribution in [0.4, 0.5) is 5.69 Å². The predicted octanol–water partition coefficient (Wildman–Crippen LogP) is 0.385. The fourth-order valence-electron chi connectivity index (χ4n) is 0.805. The minimum absolute atomic E-state index is 0.143. The maximum absolute atomic E-state index is 11.1. The zero-order chi connectivity index (χ0) is 10.8. The van der Waals surface area contributed by atoms with Crippen LogP contribution in [0.5, 0.6) is 0 Å². The molecule has 0 aliphatic carbocycles. The molecule has 6 heteroatoms. The van der Waals surface area contributed by atoms with Crippen molar-refractivity contribution in [1.82, 2.24) is 0 Å². The average molecular weight is 215 g/mol. The van der Waals surface area contributed by atoms with E-state index in [1.165, 1.54) is 24.3 Å². The van der Waals surface area contributed by atoms with Gasteiger partial charge in [-0.1, -0.05) is 0 Å². The van der Waals surface area contributed by atoms with Crippen LogP contribution in [0, 0.1) is 0 Å². The van der Waals surface area contributed by atoms with Crippen LogP contribution in [0.1, 0.15) is 10.4 Å². The summed E-state index contributed by atoms with van der Waals surface area (Å²) in [4.78, 5) is 11.1. The van der Waals surface area contributed by atoms with E-state index >= 15 is 0 Å². The van der Waals surface area contributed by atoms with E-state index in [9.17, 15) is 13.2 Å². The van der Waals surface area contributed by atoms with Crippen molar-refractivity contribution < 1.29 is 17.4 Å². The van der Waals surface area contributed by atoms with Crippen molar-refractivity contribution in [2.75, 3.05) is 12.0 Å². The number of hydrogen-bond donors (Lipinski definition) is 1. The Morgan fingerprint density at radius 3 is 2.21 bits per heavy atom. The van der Waals surface area contributed by atoms with Crippen molar-refractivity contribution in [3.63, 3.8) is 0 Å². The van der Waals surface area contributed by atoms with Gasteiger partial charge in [0.15, 0.2) is 0 Å². The van der Waals surface area contributed by atoms with Crippen molar-refractivity contribution in [3.8, 4) is 0 Å². The monoisotopic (exact) mass is 215 g/mol. The summed E-state index contributed by atoms with van der Waals surface area (Å²) in [6.45, 7) is 0. The first-order valence-electron chi connectivity index (χ1n) is 3.68. The highest BCUT2D eigenvalue weighted by atomic mass is 32.2. The third-order valence-corrected chi connectivity index (χ3v) is 1.83. The zero-order valence-corrected chi connectivity index (χ0v) is 8.24. The molecule has 0 atom stereocenters. The van der Waals surface area contributed by atoms with Crippen LogP contribution < -0.4 is 5.73 Å². The molecule has 0 aliphatic rings. The van der Waals surface area contributed by atoms with E-state index < -0.39 is 16.1 Å². The predicted molar refractivity (Wildman–Crippen MR) is 51.1 cm³/mol. The maximum atomic E-state index is 11.1. The van der Waals surface area contributed by atoms with Crippen LogP contribution >= 0.6 is 0 Å². The number of nitrogens with two attached hydrogens (primary N) is 1. The molecule has 0 spiro atoms. The largest absolute Gasteiger partial charge is 0.399 e. The highest BCUT2D eigenvalue weighted by molar-refractivity contribution is 7.86. The average Bonchev–Trinajstić information content (AvgIpc) is 2.02. The van der Waals surface area contributed by atoms with Gasteiger partial charge < -0.3 is 9.92 Å². The molecule has 14 heavy (non-hydrogen) atoms. The van der Waals surface area contributed by atoms with E-state index in [1.807, 2.05) is 0 Å². The van der Waals surface area contributed by atoms with Gasteiger partial charge >= 0.3 is 16.1 Å². The number of carbonyl (C=O) groups excluding carboxylic acids is 1. The molecule has 0 aromatic heterocycles. The summed E-state index contributed by atoms with van der Waals surface area (Å²) in [6.07, 6.45) is 0.808. The summed E-state index contributed by atoms with van der Waals surface area (Å²) in [7, 11) is -3.76. The lowest BCUT2D eigenvalue weighted by atomic mass is 10.2. The molecule has 0 radical (unpaired) electrons. The van der Waals surface area contributed by atoms with Gasteiger partial charge in [0, 0.05) is 5.69 Å². The first kappa shape index (κ1) is 10.5. The quantitative estimate of drug-likeness (QED) is 0.569. The van der Waals surface area contributed by atoms with E-state index in [0.717, 1.165) is 6.26 Å². The van der Waals surface area contributed by atoms with Gasteiger partial charge in [0.1, 0.15) is 0 Å². The fourth-order valence-corrected chi connectivity index (χ4v) is 1.18. The smallest absolute Gasteiger partial charge is 0.353 e. The van der Waals surface area contributed by atoms with Gasteiger partial charge in [-0.25, -0.2) is 4.79 Å². The number of anilines is 1. The Bertz CT molecular complexity index is 435. The SMILES string of the molecule is CS(=O)(=O)OC(=O)c1ccc(N)cc1. The Balaban J connectivity index is 2.86. The van der Waals surface area contributed by atoms with E-state index in [-0.39, 0.29) is 5.56 Å². The summed E-state index contributed by atoms with van der Waals surface area (Å²) < 4.78 is 25.4. The van der Waals surface area contributed by atoms with Crippen molar-refractivity contribution >= 4 is 21.8 Å². The molecule has 0 aliphatic heterocycles. The molecular formula is C8H9NO4S. The van der Waals surface area contributed by atoms with E-state index in [2.05, 4.69) is 4.18 Å². The highest BCUT2D eigenvalue weighted by Crippen LogP contribution is 2.07. The molecule has 1 rings (SSSR count). The molecule has 0 saturated heterocycles. The van der Waals surface area contributed by atoms with Gasteiger partial charge in [0.05, 0.1) is 11.8 Å². The molecule has 1 aromatic rings. The molecule has 5 nitrogen and oxygen atoms in total.